The summed E-state index contributed by atoms with van der Waals surface area (Å²) in [6.07, 6.45) is -6.33. The molecule has 0 amide bonds. The van der Waals surface area contributed by atoms with Crippen molar-refractivity contribution in [3.8, 4) is 23.3 Å². The zero-order valence-corrected chi connectivity index (χ0v) is 22.2. The van der Waals surface area contributed by atoms with Crippen LogP contribution < -0.4 is 14.8 Å². The molecule has 4 aliphatic carbocycles. The Morgan fingerprint density at radius 3 is 2.57 bits per heavy atom. The summed E-state index contributed by atoms with van der Waals surface area (Å²) in [7, 11) is 0. The van der Waals surface area contributed by atoms with E-state index in [4.69, 9.17) is 4.74 Å². The van der Waals surface area contributed by atoms with Gasteiger partial charge in [0.15, 0.2) is 17.2 Å². The third-order valence-corrected chi connectivity index (χ3v) is 8.59. The van der Waals surface area contributed by atoms with Crippen molar-refractivity contribution >= 4 is 5.69 Å². The van der Waals surface area contributed by atoms with Crippen LogP contribution >= 0.6 is 0 Å². The van der Waals surface area contributed by atoms with Crippen LogP contribution in [0.25, 0.3) is 5.69 Å². The van der Waals surface area contributed by atoms with Crippen molar-refractivity contribution in [2.75, 3.05) is 5.32 Å². The monoisotopic (exact) mass is 590 g/mol. The third-order valence-electron chi connectivity index (χ3n) is 8.59. The van der Waals surface area contributed by atoms with Gasteiger partial charge in [-0.05, 0) is 81.3 Å². The number of ether oxygens (including phenoxy) is 3. The Balaban J connectivity index is 1.21. The molecule has 2 bridgehead atoms. The minimum absolute atomic E-state index is 0.0236. The normalized spacial score (nSPS) is 27.3. The average molecular weight is 591 g/mol. The number of nitrogens with zero attached hydrogens (tertiary/aromatic N) is 3. The molecule has 1 aliphatic heterocycles. The first-order valence-corrected chi connectivity index (χ1v) is 13.5. The number of nitriles is 1. The molecule has 1 N–H and O–H groups in total. The van der Waals surface area contributed by atoms with Crippen molar-refractivity contribution in [1.82, 2.24) is 9.78 Å². The van der Waals surface area contributed by atoms with E-state index in [-0.39, 0.29) is 46.0 Å². The van der Waals surface area contributed by atoms with Gasteiger partial charge in [0, 0.05) is 11.6 Å². The second kappa shape index (κ2) is 8.80. The summed E-state index contributed by atoms with van der Waals surface area (Å²) in [5, 5.41) is 16.3. The number of aromatic nitrogens is 2. The fourth-order valence-electron chi connectivity index (χ4n) is 6.73. The van der Waals surface area contributed by atoms with Crippen LogP contribution in [-0.2, 0) is 17.3 Å². The quantitative estimate of drug-likeness (QED) is 0.302. The molecule has 0 unspecified atom stereocenters. The van der Waals surface area contributed by atoms with Crippen LogP contribution in [0.3, 0.4) is 0 Å². The van der Waals surface area contributed by atoms with Crippen LogP contribution in [0.2, 0.25) is 0 Å². The van der Waals surface area contributed by atoms with E-state index in [9.17, 15) is 31.6 Å². The predicted octanol–water partition coefficient (Wildman–Crippen LogP) is 7.37. The first kappa shape index (κ1) is 26.9. The van der Waals surface area contributed by atoms with Gasteiger partial charge in [-0.15, -0.1) is 8.78 Å². The maximum atomic E-state index is 15.0. The van der Waals surface area contributed by atoms with Gasteiger partial charge in [0.05, 0.1) is 34.2 Å². The molecule has 0 spiro atoms. The number of benzene rings is 2. The van der Waals surface area contributed by atoms with Gasteiger partial charge in [0.25, 0.3) is 0 Å². The Morgan fingerprint density at radius 1 is 1.12 bits per heavy atom. The molecule has 3 aromatic rings. The van der Waals surface area contributed by atoms with E-state index < -0.39 is 41.7 Å². The number of hydrogen-bond acceptors (Lipinski definition) is 6. The lowest BCUT2D eigenvalue weighted by atomic mass is 9.42. The summed E-state index contributed by atoms with van der Waals surface area (Å²) in [5.41, 5.74) is -0.895. The number of rotatable bonds is 6. The van der Waals surface area contributed by atoms with Gasteiger partial charge < -0.3 is 19.5 Å². The topological polar surface area (TPSA) is 81.3 Å². The molecule has 220 valence electrons. The summed E-state index contributed by atoms with van der Waals surface area (Å²) < 4.78 is 101. The molecule has 2 aromatic carbocycles. The minimum Gasteiger partial charge on any atom is -0.395 e. The fourth-order valence-corrected chi connectivity index (χ4v) is 6.73. The van der Waals surface area contributed by atoms with Gasteiger partial charge in [-0.2, -0.15) is 23.5 Å². The van der Waals surface area contributed by atoms with Gasteiger partial charge in [-0.1, -0.05) is 6.07 Å². The summed E-state index contributed by atoms with van der Waals surface area (Å²) in [6, 6.07) is 9.71. The highest BCUT2D eigenvalue weighted by Crippen LogP contribution is 2.70. The Hall–Kier alpha value is -3.92. The lowest BCUT2D eigenvalue weighted by molar-refractivity contribution is -0.286. The molecule has 2 heterocycles. The average Bonchev–Trinajstić information content (AvgIpc) is 3.43. The lowest BCUT2D eigenvalue weighted by Gasteiger charge is -2.67. The molecule has 0 radical (unpaired) electrons. The summed E-state index contributed by atoms with van der Waals surface area (Å²) in [4.78, 5) is 0. The van der Waals surface area contributed by atoms with E-state index in [0.717, 1.165) is 6.07 Å². The predicted molar refractivity (Wildman–Crippen MR) is 135 cm³/mol. The molecule has 3 saturated carbocycles. The van der Waals surface area contributed by atoms with E-state index in [0.29, 0.717) is 37.7 Å². The Kier molecular flexibility index (Phi) is 5.64. The summed E-state index contributed by atoms with van der Waals surface area (Å²) >= 11 is 0. The Morgan fingerprint density at radius 2 is 1.86 bits per heavy atom. The largest absolute Gasteiger partial charge is 0.586 e. The van der Waals surface area contributed by atoms with Crippen molar-refractivity contribution in [2.45, 2.75) is 75.7 Å². The molecule has 1 aromatic heterocycles. The molecule has 0 saturated heterocycles. The van der Waals surface area contributed by atoms with Crippen molar-refractivity contribution < 1.29 is 40.6 Å². The first-order valence-electron chi connectivity index (χ1n) is 13.5. The molecular formula is C29H24F6N4O3. The highest BCUT2D eigenvalue weighted by atomic mass is 19.4. The number of nitrogens with one attached hydrogen (secondary N) is 1. The van der Waals surface area contributed by atoms with E-state index in [2.05, 4.69) is 26.0 Å². The number of anilines is 1. The highest BCUT2D eigenvalue weighted by molar-refractivity contribution is 5.56. The second-order valence-electron chi connectivity index (χ2n) is 11.6. The van der Waals surface area contributed by atoms with Crippen molar-refractivity contribution in [3.63, 3.8) is 0 Å². The maximum absolute atomic E-state index is 15.0. The van der Waals surface area contributed by atoms with Crippen LogP contribution in [0.5, 0.6) is 11.5 Å². The van der Waals surface area contributed by atoms with Gasteiger partial charge >= 0.3 is 12.5 Å². The third kappa shape index (κ3) is 4.26. The van der Waals surface area contributed by atoms with Crippen molar-refractivity contribution in [2.24, 2.45) is 5.41 Å². The van der Waals surface area contributed by atoms with E-state index in [1.54, 1.807) is 6.92 Å². The van der Waals surface area contributed by atoms with Crippen LogP contribution in [0.15, 0.2) is 36.4 Å². The molecule has 42 heavy (non-hydrogen) atoms. The zero-order chi connectivity index (χ0) is 29.7. The fraction of sp³-hybridized carbons (Fsp3) is 0.448. The zero-order valence-electron chi connectivity index (χ0n) is 22.2. The van der Waals surface area contributed by atoms with Gasteiger partial charge in [0.1, 0.15) is 11.9 Å². The SMILES string of the molecule is C[C@H](Nc1cc(-n2nc(C(F)(F)F)c3c2[C@@H](OC24CC(C#N)(C2)C4)CCC3)ccc1F)c1ccc2c(c1)OC(F)(F)O2. The lowest BCUT2D eigenvalue weighted by Crippen LogP contribution is -2.67. The molecular weight excluding hydrogens is 566 g/mol. The van der Waals surface area contributed by atoms with Crippen LogP contribution in [0, 0.1) is 22.6 Å². The smallest absolute Gasteiger partial charge is 0.395 e. The standard InChI is InChI=1S/C29H24F6N4O3/c1-15(16-5-8-21-23(9-16)42-29(34,35)41-21)37-20-10-17(6-7-19(20)30)39-24-18(25(38-39)28(31,32)33)3-2-4-22(24)40-27-11-26(12-27,13-27)14-36/h5-10,15,22,37H,2-4,11-13H2,1H3/t15-,22-,26?,27?/m0/s1. The Labute approximate surface area is 236 Å². The minimum atomic E-state index is -4.70. The molecule has 13 heteroatoms. The number of fused-ring (bicyclic) bond motifs is 2. The van der Waals surface area contributed by atoms with Gasteiger partial charge in [-0.3, -0.25) is 0 Å². The number of hydrogen-bond donors (Lipinski definition) is 1. The van der Waals surface area contributed by atoms with Crippen LogP contribution in [-0.4, -0.2) is 21.7 Å². The number of alkyl halides is 5. The molecule has 7 nitrogen and oxygen atoms in total. The van der Waals surface area contributed by atoms with Gasteiger partial charge in [-0.25, -0.2) is 9.07 Å². The molecule has 3 fully saturated rings. The van der Waals surface area contributed by atoms with Crippen LogP contribution in [0.4, 0.5) is 32.0 Å². The van der Waals surface area contributed by atoms with Crippen molar-refractivity contribution in [3.05, 3.63) is 64.7 Å². The first-order chi connectivity index (χ1) is 19.8. The molecule has 5 aliphatic rings. The Bertz CT molecular complexity index is 1630. The molecule has 2 atom stereocenters. The highest BCUT2D eigenvalue weighted by Gasteiger charge is 2.70. The summed E-state index contributed by atoms with van der Waals surface area (Å²) in [6.45, 7) is 1.67. The van der Waals surface area contributed by atoms with Crippen molar-refractivity contribution in [1.29, 1.82) is 5.26 Å². The maximum Gasteiger partial charge on any atom is 0.586 e. The van der Waals surface area contributed by atoms with Gasteiger partial charge in [0.2, 0.25) is 0 Å². The van der Waals surface area contributed by atoms with E-state index in [1.165, 1.54) is 35.0 Å². The van der Waals surface area contributed by atoms with Crippen LogP contribution in [0.1, 0.15) is 73.7 Å². The number of halogens is 6. The van der Waals surface area contributed by atoms with E-state index in [1.807, 2.05) is 0 Å². The molecule has 8 rings (SSSR count). The van der Waals surface area contributed by atoms with E-state index >= 15 is 0 Å². The second-order valence-corrected chi connectivity index (χ2v) is 11.6. The summed E-state index contributed by atoms with van der Waals surface area (Å²) in [5.74, 6) is -0.969.